The molecule has 3 nitrogen and oxygen atoms in total. The third-order valence-electron chi connectivity index (χ3n) is 2.81. The number of ether oxygens (including phenoxy) is 1. The number of likely N-dealkylation sites (tertiary alicyclic amines) is 1. The fourth-order valence-electron chi connectivity index (χ4n) is 1.82. The smallest absolute Gasteiger partial charge is 0.411 e. The number of hydrogen-bond donors (Lipinski definition) is 0. The van der Waals surface area contributed by atoms with Gasteiger partial charge in [0.1, 0.15) is 5.54 Å². The summed E-state index contributed by atoms with van der Waals surface area (Å²) in [5.41, 5.74) is -2.08. The van der Waals surface area contributed by atoms with Crippen molar-refractivity contribution in [2.24, 2.45) is 0 Å². The molecule has 1 atom stereocenters. The highest BCUT2D eigenvalue weighted by Gasteiger charge is 2.59. The minimum absolute atomic E-state index is 0.0658. The largest absolute Gasteiger partial charge is 0.447 e. The molecule has 94 valence electrons. The SMILES string of the molecule is CC(C)OC(=O)N1CCCC1(C)C(F)(F)F. The van der Waals surface area contributed by atoms with Crippen molar-refractivity contribution < 1.29 is 22.7 Å². The Balaban J connectivity index is 2.84. The maximum atomic E-state index is 12.8. The van der Waals surface area contributed by atoms with Gasteiger partial charge in [-0.15, -0.1) is 0 Å². The Bertz CT molecular complexity index is 278. The summed E-state index contributed by atoms with van der Waals surface area (Å²) >= 11 is 0. The molecule has 1 amide bonds. The summed E-state index contributed by atoms with van der Waals surface area (Å²) in [6, 6.07) is 0. The van der Waals surface area contributed by atoms with Gasteiger partial charge in [-0.2, -0.15) is 13.2 Å². The van der Waals surface area contributed by atoms with Gasteiger partial charge in [-0.1, -0.05) is 0 Å². The summed E-state index contributed by atoms with van der Waals surface area (Å²) in [5, 5.41) is 0. The van der Waals surface area contributed by atoms with Gasteiger partial charge in [-0.25, -0.2) is 4.79 Å². The van der Waals surface area contributed by atoms with Crippen LogP contribution in [0.25, 0.3) is 0 Å². The molecule has 1 saturated heterocycles. The van der Waals surface area contributed by atoms with Gasteiger partial charge < -0.3 is 4.74 Å². The summed E-state index contributed by atoms with van der Waals surface area (Å²) in [6.07, 6.45) is -5.43. The highest BCUT2D eigenvalue weighted by molar-refractivity contribution is 5.69. The van der Waals surface area contributed by atoms with E-state index in [1.807, 2.05) is 0 Å². The van der Waals surface area contributed by atoms with Crippen molar-refractivity contribution in [3.63, 3.8) is 0 Å². The number of halogens is 3. The van der Waals surface area contributed by atoms with E-state index in [4.69, 9.17) is 4.74 Å². The predicted molar refractivity (Wildman–Crippen MR) is 52.0 cm³/mol. The van der Waals surface area contributed by atoms with E-state index in [0.29, 0.717) is 6.42 Å². The van der Waals surface area contributed by atoms with Gasteiger partial charge in [0, 0.05) is 6.54 Å². The van der Waals surface area contributed by atoms with Crippen molar-refractivity contribution in [3.8, 4) is 0 Å². The van der Waals surface area contributed by atoms with E-state index >= 15 is 0 Å². The van der Waals surface area contributed by atoms with Crippen LogP contribution in [0.1, 0.15) is 33.6 Å². The predicted octanol–water partition coefficient (Wildman–Crippen LogP) is 2.95. The van der Waals surface area contributed by atoms with Crippen LogP contribution in [0.3, 0.4) is 0 Å². The van der Waals surface area contributed by atoms with Crippen molar-refractivity contribution in [2.45, 2.75) is 51.4 Å². The lowest BCUT2D eigenvalue weighted by Crippen LogP contribution is -2.55. The second-order valence-corrected chi connectivity index (χ2v) is 4.46. The van der Waals surface area contributed by atoms with E-state index in [9.17, 15) is 18.0 Å². The van der Waals surface area contributed by atoms with E-state index in [1.165, 1.54) is 0 Å². The van der Waals surface area contributed by atoms with Crippen LogP contribution in [0.2, 0.25) is 0 Å². The van der Waals surface area contributed by atoms with Crippen LogP contribution in [-0.4, -0.2) is 35.4 Å². The average molecular weight is 239 g/mol. The zero-order chi connectivity index (χ0) is 12.6. The average Bonchev–Trinajstić information content (AvgIpc) is 2.46. The Morgan fingerprint density at radius 1 is 1.44 bits per heavy atom. The first kappa shape index (κ1) is 13.1. The highest BCUT2D eigenvalue weighted by atomic mass is 19.4. The summed E-state index contributed by atoms with van der Waals surface area (Å²) < 4.78 is 43.3. The Labute approximate surface area is 92.5 Å². The normalized spacial score (nSPS) is 26.3. The zero-order valence-electron chi connectivity index (χ0n) is 9.60. The molecule has 0 aromatic heterocycles. The van der Waals surface area contributed by atoms with Crippen molar-refractivity contribution in [1.82, 2.24) is 4.90 Å². The standard InChI is InChI=1S/C10H16F3NO2/c1-7(2)16-8(15)14-6-4-5-9(14,3)10(11,12)13/h7H,4-6H2,1-3H3. The summed E-state index contributed by atoms with van der Waals surface area (Å²) in [5.74, 6) is 0. The fraction of sp³-hybridized carbons (Fsp3) is 0.900. The quantitative estimate of drug-likeness (QED) is 0.704. The minimum Gasteiger partial charge on any atom is -0.447 e. The van der Waals surface area contributed by atoms with Gasteiger partial charge in [0.15, 0.2) is 0 Å². The molecule has 1 aliphatic rings. The molecule has 0 aromatic rings. The van der Waals surface area contributed by atoms with Crippen molar-refractivity contribution >= 4 is 6.09 Å². The second kappa shape index (κ2) is 4.14. The highest BCUT2D eigenvalue weighted by Crippen LogP contribution is 2.43. The monoisotopic (exact) mass is 239 g/mol. The maximum absolute atomic E-state index is 12.8. The first-order valence-electron chi connectivity index (χ1n) is 5.23. The number of alkyl halides is 3. The first-order chi connectivity index (χ1) is 7.18. The van der Waals surface area contributed by atoms with Crippen LogP contribution in [-0.2, 0) is 4.74 Å². The van der Waals surface area contributed by atoms with Gasteiger partial charge >= 0.3 is 12.3 Å². The Kier molecular flexibility index (Phi) is 3.40. The molecule has 0 spiro atoms. The molecular formula is C10H16F3NO2. The molecule has 1 unspecified atom stereocenters. The molecule has 0 N–H and O–H groups in total. The lowest BCUT2D eigenvalue weighted by Gasteiger charge is -2.36. The molecule has 1 heterocycles. The number of hydrogen-bond acceptors (Lipinski definition) is 2. The van der Waals surface area contributed by atoms with E-state index in [0.717, 1.165) is 11.8 Å². The lowest BCUT2D eigenvalue weighted by atomic mass is 9.99. The zero-order valence-corrected chi connectivity index (χ0v) is 9.60. The summed E-state index contributed by atoms with van der Waals surface area (Å²) in [6.45, 7) is 4.36. The van der Waals surface area contributed by atoms with Crippen LogP contribution in [0.15, 0.2) is 0 Å². The molecule has 0 aromatic carbocycles. The molecule has 1 fully saturated rings. The van der Waals surface area contributed by atoms with Gasteiger partial charge in [0.05, 0.1) is 6.10 Å². The van der Waals surface area contributed by atoms with Crippen LogP contribution in [0.4, 0.5) is 18.0 Å². The first-order valence-corrected chi connectivity index (χ1v) is 5.23. The molecule has 16 heavy (non-hydrogen) atoms. The molecule has 0 saturated carbocycles. The molecule has 6 heteroatoms. The number of amides is 1. The van der Waals surface area contributed by atoms with Crippen molar-refractivity contribution in [2.75, 3.05) is 6.54 Å². The maximum Gasteiger partial charge on any atom is 0.411 e. The van der Waals surface area contributed by atoms with E-state index < -0.39 is 23.9 Å². The second-order valence-electron chi connectivity index (χ2n) is 4.46. The number of rotatable bonds is 1. The van der Waals surface area contributed by atoms with Gasteiger partial charge in [-0.05, 0) is 33.6 Å². The third kappa shape index (κ3) is 2.25. The van der Waals surface area contributed by atoms with Gasteiger partial charge in [0.25, 0.3) is 0 Å². The number of carbonyl (C=O) groups excluding carboxylic acids is 1. The Hall–Kier alpha value is -0.940. The van der Waals surface area contributed by atoms with Gasteiger partial charge in [-0.3, -0.25) is 4.90 Å². The van der Waals surface area contributed by atoms with E-state index in [1.54, 1.807) is 13.8 Å². The Morgan fingerprint density at radius 2 is 2.00 bits per heavy atom. The molecular weight excluding hydrogens is 223 g/mol. The lowest BCUT2D eigenvalue weighted by molar-refractivity contribution is -0.212. The van der Waals surface area contributed by atoms with Crippen LogP contribution < -0.4 is 0 Å². The summed E-state index contributed by atoms with van der Waals surface area (Å²) in [4.78, 5) is 12.3. The van der Waals surface area contributed by atoms with Crippen molar-refractivity contribution in [1.29, 1.82) is 0 Å². The topological polar surface area (TPSA) is 29.5 Å². The van der Waals surface area contributed by atoms with E-state index in [-0.39, 0.29) is 13.0 Å². The third-order valence-corrected chi connectivity index (χ3v) is 2.81. The van der Waals surface area contributed by atoms with Crippen LogP contribution >= 0.6 is 0 Å². The van der Waals surface area contributed by atoms with E-state index in [2.05, 4.69) is 0 Å². The van der Waals surface area contributed by atoms with Gasteiger partial charge in [0.2, 0.25) is 0 Å². The molecule has 0 bridgehead atoms. The molecule has 0 radical (unpaired) electrons. The van der Waals surface area contributed by atoms with Crippen LogP contribution in [0, 0.1) is 0 Å². The Morgan fingerprint density at radius 3 is 2.44 bits per heavy atom. The number of nitrogens with zero attached hydrogens (tertiary/aromatic N) is 1. The minimum atomic E-state index is -4.42. The fourth-order valence-corrected chi connectivity index (χ4v) is 1.82. The van der Waals surface area contributed by atoms with Crippen LogP contribution in [0.5, 0.6) is 0 Å². The van der Waals surface area contributed by atoms with Crippen molar-refractivity contribution in [3.05, 3.63) is 0 Å². The number of carbonyl (C=O) groups is 1. The molecule has 1 rings (SSSR count). The summed E-state index contributed by atoms with van der Waals surface area (Å²) in [7, 11) is 0. The molecule has 1 aliphatic heterocycles. The molecule has 0 aliphatic carbocycles.